The summed E-state index contributed by atoms with van der Waals surface area (Å²) in [6.07, 6.45) is 5.14. The Morgan fingerprint density at radius 2 is 2.10 bits per heavy atom. The van der Waals surface area contributed by atoms with Gasteiger partial charge in [-0.15, -0.1) is 0 Å². The summed E-state index contributed by atoms with van der Waals surface area (Å²) in [5.41, 5.74) is 3.35. The lowest BCUT2D eigenvalue weighted by Gasteiger charge is -2.25. The largest absolute Gasteiger partial charge is 0.494 e. The predicted molar refractivity (Wildman–Crippen MR) is 115 cm³/mol. The average Bonchev–Trinajstić information content (AvgIpc) is 3.36. The molecule has 1 aliphatic heterocycles. The van der Waals surface area contributed by atoms with Crippen molar-refractivity contribution in [3.63, 3.8) is 0 Å². The van der Waals surface area contributed by atoms with Gasteiger partial charge in [0.25, 0.3) is 0 Å². The van der Waals surface area contributed by atoms with Crippen LogP contribution in [0.5, 0.6) is 11.5 Å². The Morgan fingerprint density at radius 1 is 1.14 bits per heavy atom. The van der Waals surface area contributed by atoms with Gasteiger partial charge in [0.1, 0.15) is 11.5 Å². The zero-order chi connectivity index (χ0) is 19.6. The highest BCUT2D eigenvalue weighted by molar-refractivity contribution is 5.87. The van der Waals surface area contributed by atoms with Crippen molar-refractivity contribution in [3.8, 4) is 11.5 Å². The molecule has 0 amide bonds. The van der Waals surface area contributed by atoms with E-state index in [9.17, 15) is 0 Å². The van der Waals surface area contributed by atoms with E-state index in [2.05, 4.69) is 34.1 Å². The Labute approximate surface area is 170 Å². The summed E-state index contributed by atoms with van der Waals surface area (Å²) < 4.78 is 17.5. The minimum Gasteiger partial charge on any atom is -0.494 e. The van der Waals surface area contributed by atoms with Crippen LogP contribution in [0.1, 0.15) is 24.2 Å². The molecule has 4 aromatic rings. The van der Waals surface area contributed by atoms with E-state index in [-0.39, 0.29) is 0 Å². The quantitative estimate of drug-likeness (QED) is 0.444. The number of H-pyrrole nitrogens is 1. The molecule has 0 saturated heterocycles. The number of aromatic amines is 1. The monoisotopic (exact) mass is 390 g/mol. The number of unbranched alkanes of at least 4 members (excludes halogenated alkanes) is 1. The maximum absolute atomic E-state index is 6.16. The van der Waals surface area contributed by atoms with Crippen molar-refractivity contribution in [2.24, 2.45) is 0 Å². The fourth-order valence-corrected chi connectivity index (χ4v) is 4.24. The summed E-state index contributed by atoms with van der Waals surface area (Å²) >= 11 is 0. The highest BCUT2D eigenvalue weighted by Crippen LogP contribution is 2.35. The Bertz CT molecular complexity index is 1130. The number of furan rings is 1. The molecular formula is C24H26N2O3. The molecule has 0 atom stereocenters. The standard InChI is InChI=1S/C24H26N2O3/c1-27-22-6-4-5-20-19-10-13-26(16-23(19)29-24(20)22)12-2-3-14-28-18-8-7-17-9-11-25-21(17)15-18/h4-9,11,15,25H,2-3,10,12-14,16H2,1H3. The van der Waals surface area contributed by atoms with Gasteiger partial charge in [-0.2, -0.15) is 0 Å². The van der Waals surface area contributed by atoms with Gasteiger partial charge in [-0.05, 0) is 55.5 Å². The maximum Gasteiger partial charge on any atom is 0.176 e. The van der Waals surface area contributed by atoms with Crippen LogP contribution in [0.2, 0.25) is 0 Å². The number of hydrogen-bond acceptors (Lipinski definition) is 4. The van der Waals surface area contributed by atoms with E-state index in [1.165, 1.54) is 16.3 Å². The van der Waals surface area contributed by atoms with Crippen molar-refractivity contribution < 1.29 is 13.9 Å². The van der Waals surface area contributed by atoms with Crippen LogP contribution in [-0.4, -0.2) is 36.7 Å². The van der Waals surface area contributed by atoms with Crippen LogP contribution >= 0.6 is 0 Å². The molecule has 0 unspecified atom stereocenters. The molecule has 5 nitrogen and oxygen atoms in total. The molecule has 1 aliphatic rings. The van der Waals surface area contributed by atoms with E-state index < -0.39 is 0 Å². The summed E-state index contributed by atoms with van der Waals surface area (Å²) in [4.78, 5) is 5.70. The third kappa shape index (κ3) is 3.58. The Hall–Kier alpha value is -2.92. The first kappa shape index (κ1) is 18.1. The van der Waals surface area contributed by atoms with Gasteiger partial charge in [0.05, 0.1) is 20.3 Å². The van der Waals surface area contributed by atoms with Gasteiger partial charge < -0.3 is 18.9 Å². The first-order valence-corrected chi connectivity index (χ1v) is 10.3. The van der Waals surface area contributed by atoms with E-state index >= 15 is 0 Å². The normalized spacial score (nSPS) is 14.4. The van der Waals surface area contributed by atoms with Crippen molar-refractivity contribution >= 4 is 21.9 Å². The van der Waals surface area contributed by atoms with Gasteiger partial charge in [-0.25, -0.2) is 0 Å². The molecule has 0 radical (unpaired) electrons. The first-order valence-electron chi connectivity index (χ1n) is 10.3. The number of ether oxygens (including phenoxy) is 2. The molecule has 5 rings (SSSR count). The van der Waals surface area contributed by atoms with Crippen molar-refractivity contribution in [3.05, 3.63) is 60.0 Å². The van der Waals surface area contributed by atoms with Gasteiger partial charge in [-0.3, -0.25) is 4.90 Å². The lowest BCUT2D eigenvalue weighted by atomic mass is 10.0. The minimum absolute atomic E-state index is 0.743. The maximum atomic E-state index is 6.16. The van der Waals surface area contributed by atoms with Crippen molar-refractivity contribution in [2.45, 2.75) is 25.8 Å². The number of nitrogens with one attached hydrogen (secondary N) is 1. The fourth-order valence-electron chi connectivity index (χ4n) is 4.24. The molecule has 0 saturated carbocycles. The molecule has 0 aliphatic carbocycles. The van der Waals surface area contributed by atoms with E-state index in [0.717, 1.165) is 73.9 Å². The second-order valence-electron chi connectivity index (χ2n) is 7.65. The number of benzene rings is 2. The third-order valence-electron chi connectivity index (χ3n) is 5.79. The minimum atomic E-state index is 0.743. The SMILES string of the molecule is COc1cccc2c3c(oc12)CN(CCCCOc1ccc2cc[nH]c2c1)CC3. The smallest absolute Gasteiger partial charge is 0.176 e. The molecule has 3 heterocycles. The molecule has 1 N–H and O–H groups in total. The van der Waals surface area contributed by atoms with Crippen LogP contribution in [0.25, 0.3) is 21.9 Å². The second-order valence-corrected chi connectivity index (χ2v) is 7.65. The van der Waals surface area contributed by atoms with E-state index in [1.54, 1.807) is 7.11 Å². The van der Waals surface area contributed by atoms with Crippen LogP contribution in [0.15, 0.2) is 53.1 Å². The van der Waals surface area contributed by atoms with Crippen LogP contribution < -0.4 is 9.47 Å². The Morgan fingerprint density at radius 3 is 3.03 bits per heavy atom. The lowest BCUT2D eigenvalue weighted by molar-refractivity contribution is 0.218. The first-order chi connectivity index (χ1) is 14.3. The van der Waals surface area contributed by atoms with Crippen LogP contribution in [0, 0.1) is 0 Å². The summed E-state index contributed by atoms with van der Waals surface area (Å²) in [5.74, 6) is 2.84. The average molecular weight is 390 g/mol. The number of rotatable bonds is 7. The fraction of sp³-hybridized carbons (Fsp3) is 0.333. The molecule has 0 bridgehead atoms. The highest BCUT2D eigenvalue weighted by Gasteiger charge is 2.23. The summed E-state index contributed by atoms with van der Waals surface area (Å²) in [5, 5.41) is 2.41. The van der Waals surface area contributed by atoms with E-state index in [0.29, 0.717) is 0 Å². The molecule has 0 fully saturated rings. The van der Waals surface area contributed by atoms with Crippen LogP contribution in [-0.2, 0) is 13.0 Å². The van der Waals surface area contributed by atoms with Crippen molar-refractivity contribution in [1.29, 1.82) is 0 Å². The number of para-hydroxylation sites is 1. The summed E-state index contributed by atoms with van der Waals surface area (Å²) in [6, 6.07) is 14.4. The Balaban J connectivity index is 1.13. The summed E-state index contributed by atoms with van der Waals surface area (Å²) in [7, 11) is 1.70. The number of aromatic nitrogens is 1. The van der Waals surface area contributed by atoms with Gasteiger partial charge in [0, 0.05) is 35.3 Å². The molecule has 150 valence electrons. The van der Waals surface area contributed by atoms with E-state index in [1.807, 2.05) is 24.4 Å². The van der Waals surface area contributed by atoms with Crippen LogP contribution in [0.3, 0.4) is 0 Å². The molecule has 29 heavy (non-hydrogen) atoms. The molecule has 2 aromatic carbocycles. The molecule has 0 spiro atoms. The Kier molecular flexibility index (Phi) is 4.90. The van der Waals surface area contributed by atoms with Gasteiger partial charge in [-0.1, -0.05) is 12.1 Å². The zero-order valence-corrected chi connectivity index (χ0v) is 16.7. The second kappa shape index (κ2) is 7.84. The topological polar surface area (TPSA) is 50.6 Å². The third-order valence-corrected chi connectivity index (χ3v) is 5.79. The van der Waals surface area contributed by atoms with E-state index in [4.69, 9.17) is 13.9 Å². The molecular weight excluding hydrogens is 364 g/mol. The number of methoxy groups -OCH3 is 1. The number of fused-ring (bicyclic) bond motifs is 4. The van der Waals surface area contributed by atoms with Gasteiger partial charge in [0.15, 0.2) is 11.3 Å². The summed E-state index contributed by atoms with van der Waals surface area (Å²) in [6.45, 7) is 3.75. The van der Waals surface area contributed by atoms with Crippen LogP contribution in [0.4, 0.5) is 0 Å². The molecule has 5 heteroatoms. The van der Waals surface area contributed by atoms with Crippen molar-refractivity contribution in [1.82, 2.24) is 9.88 Å². The van der Waals surface area contributed by atoms with Gasteiger partial charge >= 0.3 is 0 Å². The number of nitrogens with zero attached hydrogens (tertiary/aromatic N) is 1. The van der Waals surface area contributed by atoms with Gasteiger partial charge in [0.2, 0.25) is 0 Å². The zero-order valence-electron chi connectivity index (χ0n) is 16.7. The van der Waals surface area contributed by atoms with Crippen molar-refractivity contribution in [2.75, 3.05) is 26.8 Å². The lowest BCUT2D eigenvalue weighted by Crippen LogP contribution is -2.30. The highest BCUT2D eigenvalue weighted by atomic mass is 16.5. The predicted octanol–water partition coefficient (Wildman–Crippen LogP) is 5.14. The number of hydrogen-bond donors (Lipinski definition) is 1. The molecule has 2 aromatic heterocycles.